The van der Waals surface area contributed by atoms with E-state index in [2.05, 4.69) is 15.5 Å². The number of rotatable bonds is 0. The molecular weight excluding hydrogens is 143 g/mol. The molecule has 0 spiro atoms. The van der Waals surface area contributed by atoms with Crippen LogP contribution in [0, 0.1) is 0 Å². The first-order valence-corrected chi connectivity index (χ1v) is 3.83. The molecule has 0 atom stereocenters. The third-order valence-electron chi connectivity index (χ3n) is 0. The molecule has 0 bridgehead atoms. The Morgan fingerprint density at radius 3 is 1.50 bits per heavy atom. The number of halogens is 1. The molecule has 0 aliphatic carbocycles. The predicted octanol–water partition coefficient (Wildman–Crippen LogP) is 0.593. The Morgan fingerprint density at radius 2 is 1.50 bits per heavy atom. The van der Waals surface area contributed by atoms with Gasteiger partial charge in [0.2, 0.25) is 7.08 Å². The largest absolute Gasteiger partial charge is 0.342 e. The van der Waals surface area contributed by atoms with Crippen molar-refractivity contribution in [3.63, 3.8) is 0 Å². The highest BCUT2D eigenvalue weighted by Gasteiger charge is 1.76. The maximum atomic E-state index is 7.59. The van der Waals surface area contributed by atoms with Crippen LogP contribution in [-0.2, 0) is 0 Å². The molecule has 0 aromatic heterocycles. The Bertz CT molecular complexity index is 10.8. The molecule has 0 radical (unpaired) electrons. The summed E-state index contributed by atoms with van der Waals surface area (Å²) < 4.78 is 0. The van der Waals surface area contributed by atoms with Gasteiger partial charge in [-0.05, 0) is 0 Å². The average molecular weight is 145 g/mol. The van der Waals surface area contributed by atoms with E-state index in [1.165, 1.54) is 0 Å². The first kappa shape index (κ1) is 4.83. The van der Waals surface area contributed by atoms with Crippen LogP contribution in [0.4, 0.5) is 0 Å². The molecule has 0 fully saturated rings. The molecule has 0 aromatic rings. The Hall–Kier alpha value is 0.830. The van der Waals surface area contributed by atoms with Crippen LogP contribution >= 0.6 is 22.6 Å². The minimum Gasteiger partial charge on any atom is -0.342 e. The van der Waals surface area contributed by atoms with Crippen molar-refractivity contribution >= 4 is 22.6 Å². The van der Waals surface area contributed by atoms with Crippen LogP contribution in [0.25, 0.3) is 0 Å². The van der Waals surface area contributed by atoms with Crippen molar-refractivity contribution in [1.29, 1.82) is 0 Å². The van der Waals surface area contributed by atoms with Gasteiger partial charge in [0.1, 0.15) is 0 Å². The highest BCUT2D eigenvalue weighted by molar-refractivity contribution is 9.38. The highest BCUT2D eigenvalue weighted by Crippen LogP contribution is 2.31. The van der Waals surface area contributed by atoms with E-state index in [9.17, 15) is 0 Å². The van der Waals surface area contributed by atoms with Gasteiger partial charge in [-0.1, -0.05) is 0 Å². The molecule has 0 aliphatic rings. The fourth-order valence-corrected chi connectivity index (χ4v) is 0. The lowest BCUT2D eigenvalue weighted by Gasteiger charge is -1.75. The first-order valence-electron chi connectivity index (χ1n) is 0.569. The molecule has 0 saturated heterocycles. The van der Waals surface area contributed by atoms with Crippen molar-refractivity contribution in [3.05, 3.63) is 0 Å². The van der Waals surface area contributed by atoms with Crippen molar-refractivity contribution in [1.82, 2.24) is 0 Å². The molecule has 0 unspecified atom stereocenters. The van der Waals surface area contributed by atoms with Crippen molar-refractivity contribution in [2.45, 2.75) is 0 Å². The Kier molecular flexibility index (Phi) is 2.52. The molecule has 0 rings (SSSR count). The van der Waals surface area contributed by atoms with Gasteiger partial charge in [-0.15, -0.1) is 0 Å². The van der Waals surface area contributed by atoms with Gasteiger partial charge in [0.25, 0.3) is 0 Å². The summed E-state index contributed by atoms with van der Waals surface area (Å²) in [6.45, 7) is 0. The molecule has 2 nitrogen and oxygen atoms in total. The van der Waals surface area contributed by atoms with Crippen molar-refractivity contribution in [3.8, 4) is 0 Å². The summed E-state index contributed by atoms with van der Waals surface area (Å²) in [5.74, 6) is 0. The van der Waals surface area contributed by atoms with Gasteiger partial charge >= 0.3 is 0 Å². The molecule has 2 N–H and O–H groups in total. The maximum absolute atomic E-state index is 7.59. The summed E-state index contributed by atoms with van der Waals surface area (Å²) in [5, 5.41) is 0. The minimum absolute atomic E-state index is 1.81. The Labute approximate surface area is 33.1 Å². The average Bonchev–Trinajstić information content (AvgIpc) is 0.811. The second kappa shape index (κ2) is 2.09. The summed E-state index contributed by atoms with van der Waals surface area (Å²) in [7, 11) is -1.81. The Morgan fingerprint density at radius 1 is 1.50 bits per heavy atom. The lowest BCUT2D eigenvalue weighted by Crippen LogP contribution is -1.39. The maximum Gasteiger partial charge on any atom is 0.241 e. The molecule has 26 valence electrons. The molecule has 0 heterocycles. The lowest BCUT2D eigenvalue weighted by molar-refractivity contribution is 0.507. The standard InChI is InChI=1S/BrH2O2P/c1-4(2)3/h2-3H. The molecule has 4 heavy (non-hydrogen) atoms. The second-order valence-electron chi connectivity index (χ2n) is 0.241. The second-order valence-corrected chi connectivity index (χ2v) is 2.63. The zero-order valence-corrected chi connectivity index (χ0v) is 4.20. The van der Waals surface area contributed by atoms with E-state index >= 15 is 0 Å². The normalized spacial score (nSPS) is 9.00. The van der Waals surface area contributed by atoms with Crippen LogP contribution in [0.1, 0.15) is 0 Å². The highest BCUT2D eigenvalue weighted by atomic mass is 79.9. The van der Waals surface area contributed by atoms with Crippen LogP contribution in [0.5, 0.6) is 0 Å². The SMILES string of the molecule is OP(O)Br. The quantitative estimate of drug-likeness (QED) is 0.489. The predicted molar refractivity (Wildman–Crippen MR) is 20.3 cm³/mol. The van der Waals surface area contributed by atoms with Crippen molar-refractivity contribution in [2.24, 2.45) is 0 Å². The van der Waals surface area contributed by atoms with E-state index in [-0.39, 0.29) is 0 Å². The van der Waals surface area contributed by atoms with Crippen LogP contribution < -0.4 is 0 Å². The van der Waals surface area contributed by atoms with Crippen LogP contribution in [0.2, 0.25) is 0 Å². The smallest absolute Gasteiger partial charge is 0.241 e. The molecule has 4 heteroatoms. The van der Waals surface area contributed by atoms with Crippen LogP contribution in [-0.4, -0.2) is 9.79 Å². The monoisotopic (exact) mass is 144 g/mol. The zero-order chi connectivity index (χ0) is 3.58. The van der Waals surface area contributed by atoms with E-state index in [1.54, 1.807) is 0 Å². The molecule has 0 amide bonds. The van der Waals surface area contributed by atoms with E-state index in [0.717, 1.165) is 0 Å². The van der Waals surface area contributed by atoms with Gasteiger partial charge in [0.15, 0.2) is 0 Å². The lowest BCUT2D eigenvalue weighted by atomic mass is 15.9. The van der Waals surface area contributed by atoms with E-state index < -0.39 is 7.08 Å². The first-order chi connectivity index (χ1) is 1.73. The molecule has 0 aliphatic heterocycles. The van der Waals surface area contributed by atoms with Gasteiger partial charge in [-0.2, -0.15) is 0 Å². The van der Waals surface area contributed by atoms with E-state index in [1.807, 2.05) is 0 Å². The van der Waals surface area contributed by atoms with Gasteiger partial charge in [0.05, 0.1) is 0 Å². The van der Waals surface area contributed by atoms with Gasteiger partial charge in [-0.25, -0.2) is 0 Å². The van der Waals surface area contributed by atoms with Gasteiger partial charge in [-0.3, -0.25) is 0 Å². The third kappa shape index (κ3) is 13.8. The summed E-state index contributed by atoms with van der Waals surface area (Å²) >= 11 is 2.45. The van der Waals surface area contributed by atoms with Gasteiger partial charge in [0, 0.05) is 15.5 Å². The molecule has 0 aromatic carbocycles. The van der Waals surface area contributed by atoms with Crippen molar-refractivity contribution < 1.29 is 9.79 Å². The number of hydrogen-bond acceptors (Lipinski definition) is 2. The number of hydrogen-bond donors (Lipinski definition) is 2. The van der Waals surface area contributed by atoms with Crippen molar-refractivity contribution in [2.75, 3.05) is 0 Å². The molecular formula is H2BrO2P. The Balaban J connectivity index is 2.32. The summed E-state index contributed by atoms with van der Waals surface area (Å²) in [6, 6.07) is 0. The molecule has 0 saturated carbocycles. The summed E-state index contributed by atoms with van der Waals surface area (Å²) in [4.78, 5) is 15.2. The van der Waals surface area contributed by atoms with Crippen LogP contribution in [0.3, 0.4) is 0 Å². The van der Waals surface area contributed by atoms with E-state index in [4.69, 9.17) is 9.79 Å². The topological polar surface area (TPSA) is 40.5 Å². The summed E-state index contributed by atoms with van der Waals surface area (Å²) in [5.41, 5.74) is 0. The summed E-state index contributed by atoms with van der Waals surface area (Å²) in [6.07, 6.45) is 0. The fourth-order valence-electron chi connectivity index (χ4n) is 0. The van der Waals surface area contributed by atoms with E-state index in [0.29, 0.717) is 0 Å². The zero-order valence-electron chi connectivity index (χ0n) is 1.72. The third-order valence-corrected chi connectivity index (χ3v) is 0. The van der Waals surface area contributed by atoms with Gasteiger partial charge < -0.3 is 9.79 Å². The van der Waals surface area contributed by atoms with Crippen LogP contribution in [0.15, 0.2) is 0 Å². The fraction of sp³-hybridized carbons (Fsp3) is 0. The minimum atomic E-state index is -1.81.